The molecule has 4 rings (SSSR count). The molecule has 2 aliphatic heterocycles. The number of nitrogens with zero attached hydrogens (tertiary/aromatic N) is 1. The number of amides is 2. The van der Waals surface area contributed by atoms with Crippen LogP contribution in [0.25, 0.3) is 0 Å². The Hall–Kier alpha value is -3.55. The van der Waals surface area contributed by atoms with E-state index in [2.05, 4.69) is 5.32 Å². The lowest BCUT2D eigenvalue weighted by atomic mass is 10.1. The van der Waals surface area contributed by atoms with E-state index in [1.54, 1.807) is 43.3 Å². The highest BCUT2D eigenvalue weighted by Gasteiger charge is 2.28. The van der Waals surface area contributed by atoms with Gasteiger partial charge in [0.05, 0.1) is 5.69 Å². The number of rotatable bonds is 5. The largest absolute Gasteiger partial charge is 0.482 e. The number of benzene rings is 2. The van der Waals surface area contributed by atoms with E-state index in [4.69, 9.17) is 14.2 Å². The number of carbonyl (C=O) groups excluding carboxylic acids is 3. The van der Waals surface area contributed by atoms with Crippen molar-refractivity contribution in [2.45, 2.75) is 13.3 Å². The summed E-state index contributed by atoms with van der Waals surface area (Å²) in [4.78, 5) is 38.2. The van der Waals surface area contributed by atoms with Gasteiger partial charge in [0.25, 0.3) is 5.91 Å². The minimum absolute atomic E-state index is 0.0504. The molecule has 8 heteroatoms. The molecule has 2 aliphatic rings. The van der Waals surface area contributed by atoms with Crippen molar-refractivity contribution in [3.05, 3.63) is 42.0 Å². The van der Waals surface area contributed by atoms with Crippen LogP contribution in [0.4, 0.5) is 11.4 Å². The summed E-state index contributed by atoms with van der Waals surface area (Å²) in [6.45, 7) is 1.55. The Morgan fingerprint density at radius 3 is 2.64 bits per heavy atom. The number of Topliss-reactive ketones (excluding diaryl/α,β-unsaturated/α-hetero) is 1. The molecule has 0 spiro atoms. The SMILES string of the molecule is CCC(=O)c1ccc2c(c1)N(CC(=O)Nc1ccc3c(c1)OCO3)C(=O)CO2. The second kappa shape index (κ2) is 7.22. The zero-order valence-electron chi connectivity index (χ0n) is 15.2. The summed E-state index contributed by atoms with van der Waals surface area (Å²) in [6, 6.07) is 9.95. The summed E-state index contributed by atoms with van der Waals surface area (Å²) in [6.07, 6.45) is 0.345. The van der Waals surface area contributed by atoms with Crippen LogP contribution >= 0.6 is 0 Å². The van der Waals surface area contributed by atoms with Crippen molar-refractivity contribution in [1.82, 2.24) is 0 Å². The van der Waals surface area contributed by atoms with Gasteiger partial charge in [0.2, 0.25) is 12.7 Å². The van der Waals surface area contributed by atoms with Crippen molar-refractivity contribution in [3.8, 4) is 17.2 Å². The van der Waals surface area contributed by atoms with Gasteiger partial charge in [-0.15, -0.1) is 0 Å². The third kappa shape index (κ3) is 3.36. The van der Waals surface area contributed by atoms with E-state index in [0.717, 1.165) is 0 Å². The van der Waals surface area contributed by atoms with Crippen molar-refractivity contribution in [2.75, 3.05) is 30.2 Å². The second-order valence-electron chi connectivity index (χ2n) is 6.34. The number of anilines is 2. The Kier molecular flexibility index (Phi) is 4.60. The maximum absolute atomic E-state index is 12.5. The van der Waals surface area contributed by atoms with Crippen LogP contribution in [0.1, 0.15) is 23.7 Å². The zero-order valence-corrected chi connectivity index (χ0v) is 15.2. The van der Waals surface area contributed by atoms with Crippen LogP contribution in [0.5, 0.6) is 17.2 Å². The third-order valence-corrected chi connectivity index (χ3v) is 4.50. The molecule has 0 atom stereocenters. The number of carbonyl (C=O) groups is 3. The van der Waals surface area contributed by atoms with Gasteiger partial charge in [-0.1, -0.05) is 6.92 Å². The van der Waals surface area contributed by atoms with Crippen LogP contribution in [0, 0.1) is 0 Å². The Balaban J connectivity index is 1.53. The molecule has 2 heterocycles. The molecule has 2 aromatic carbocycles. The molecule has 8 nitrogen and oxygen atoms in total. The maximum Gasteiger partial charge on any atom is 0.265 e. The predicted octanol–water partition coefficient (Wildman–Crippen LogP) is 2.37. The van der Waals surface area contributed by atoms with Gasteiger partial charge in [-0.05, 0) is 30.3 Å². The van der Waals surface area contributed by atoms with Crippen molar-refractivity contribution >= 4 is 29.0 Å². The first-order chi connectivity index (χ1) is 13.5. The molecule has 28 heavy (non-hydrogen) atoms. The number of hydrogen-bond donors (Lipinski definition) is 1. The van der Waals surface area contributed by atoms with Gasteiger partial charge in [0.15, 0.2) is 23.9 Å². The number of ether oxygens (including phenoxy) is 3. The number of ketones is 1. The van der Waals surface area contributed by atoms with E-state index < -0.39 is 0 Å². The quantitative estimate of drug-likeness (QED) is 0.798. The highest BCUT2D eigenvalue weighted by Crippen LogP contribution is 2.35. The predicted molar refractivity (Wildman–Crippen MR) is 100 cm³/mol. The van der Waals surface area contributed by atoms with Crippen LogP contribution in [0.3, 0.4) is 0 Å². The van der Waals surface area contributed by atoms with E-state index in [-0.39, 0.29) is 37.5 Å². The smallest absolute Gasteiger partial charge is 0.265 e. The standard InChI is InChI=1S/C20H18N2O6/c1-2-15(23)12-3-5-16-14(7-12)22(20(25)10-26-16)9-19(24)21-13-4-6-17-18(8-13)28-11-27-17/h3-8H,2,9-11H2,1H3,(H,21,24). The fourth-order valence-corrected chi connectivity index (χ4v) is 3.07. The molecule has 2 amide bonds. The average Bonchev–Trinajstić information content (AvgIpc) is 3.17. The second-order valence-corrected chi connectivity index (χ2v) is 6.34. The van der Waals surface area contributed by atoms with Gasteiger partial charge in [-0.25, -0.2) is 0 Å². The van der Waals surface area contributed by atoms with Crippen molar-refractivity contribution < 1.29 is 28.6 Å². The number of fused-ring (bicyclic) bond motifs is 2. The van der Waals surface area contributed by atoms with E-state index >= 15 is 0 Å². The highest BCUT2D eigenvalue weighted by atomic mass is 16.7. The van der Waals surface area contributed by atoms with E-state index in [0.29, 0.717) is 40.6 Å². The molecule has 0 bridgehead atoms. The van der Waals surface area contributed by atoms with Gasteiger partial charge in [0.1, 0.15) is 12.3 Å². The van der Waals surface area contributed by atoms with Crippen LogP contribution in [0.2, 0.25) is 0 Å². The third-order valence-electron chi connectivity index (χ3n) is 4.50. The molecule has 0 aliphatic carbocycles. The maximum atomic E-state index is 12.5. The van der Waals surface area contributed by atoms with Gasteiger partial charge in [-0.3, -0.25) is 19.3 Å². The minimum atomic E-state index is -0.382. The summed E-state index contributed by atoms with van der Waals surface area (Å²) in [5.41, 5.74) is 1.42. The van der Waals surface area contributed by atoms with Gasteiger partial charge in [-0.2, -0.15) is 0 Å². The summed E-state index contributed by atoms with van der Waals surface area (Å²) < 4.78 is 16.0. The Morgan fingerprint density at radius 1 is 1.04 bits per heavy atom. The first-order valence-corrected chi connectivity index (χ1v) is 8.85. The van der Waals surface area contributed by atoms with Crippen LogP contribution in [-0.2, 0) is 9.59 Å². The van der Waals surface area contributed by atoms with Gasteiger partial charge < -0.3 is 19.5 Å². The fraction of sp³-hybridized carbons (Fsp3) is 0.250. The molecule has 0 saturated carbocycles. The summed E-state index contributed by atoms with van der Waals surface area (Å²) >= 11 is 0. The Labute approximate surface area is 161 Å². The summed E-state index contributed by atoms with van der Waals surface area (Å²) in [5.74, 6) is 0.840. The van der Waals surface area contributed by atoms with Crippen LogP contribution in [0.15, 0.2) is 36.4 Å². The molecule has 2 aromatic rings. The summed E-state index contributed by atoms with van der Waals surface area (Å²) in [7, 11) is 0. The monoisotopic (exact) mass is 382 g/mol. The van der Waals surface area contributed by atoms with E-state index in [1.807, 2.05) is 0 Å². The van der Waals surface area contributed by atoms with E-state index in [1.165, 1.54) is 4.90 Å². The molecular formula is C20H18N2O6. The molecule has 0 radical (unpaired) electrons. The first-order valence-electron chi connectivity index (χ1n) is 8.85. The molecule has 0 unspecified atom stereocenters. The number of nitrogens with one attached hydrogen (secondary N) is 1. The summed E-state index contributed by atoms with van der Waals surface area (Å²) in [5, 5.41) is 2.74. The molecule has 0 fully saturated rings. The molecular weight excluding hydrogens is 364 g/mol. The van der Waals surface area contributed by atoms with E-state index in [9.17, 15) is 14.4 Å². The fourth-order valence-electron chi connectivity index (χ4n) is 3.07. The molecule has 144 valence electrons. The van der Waals surface area contributed by atoms with Gasteiger partial charge in [0, 0.05) is 23.7 Å². The van der Waals surface area contributed by atoms with Crippen molar-refractivity contribution in [3.63, 3.8) is 0 Å². The molecule has 0 saturated heterocycles. The average molecular weight is 382 g/mol. The molecule has 1 N–H and O–H groups in total. The lowest BCUT2D eigenvalue weighted by molar-refractivity contribution is -0.123. The lowest BCUT2D eigenvalue weighted by Gasteiger charge is -2.29. The van der Waals surface area contributed by atoms with Crippen molar-refractivity contribution in [2.24, 2.45) is 0 Å². The van der Waals surface area contributed by atoms with Crippen molar-refractivity contribution in [1.29, 1.82) is 0 Å². The Bertz CT molecular complexity index is 971. The Morgan fingerprint density at radius 2 is 1.82 bits per heavy atom. The highest BCUT2D eigenvalue weighted by molar-refractivity contribution is 6.06. The van der Waals surface area contributed by atoms with Crippen LogP contribution in [-0.4, -0.2) is 37.5 Å². The van der Waals surface area contributed by atoms with Crippen LogP contribution < -0.4 is 24.4 Å². The number of hydrogen-bond acceptors (Lipinski definition) is 6. The molecule has 0 aromatic heterocycles. The normalized spacial score (nSPS) is 14.3. The minimum Gasteiger partial charge on any atom is -0.482 e. The first kappa shape index (κ1) is 17.8. The zero-order chi connectivity index (χ0) is 19.7. The van der Waals surface area contributed by atoms with Gasteiger partial charge >= 0.3 is 0 Å². The topological polar surface area (TPSA) is 94.2 Å². The lowest BCUT2D eigenvalue weighted by Crippen LogP contribution is -2.43.